The summed E-state index contributed by atoms with van der Waals surface area (Å²) in [6.07, 6.45) is 5.90. The predicted octanol–water partition coefficient (Wildman–Crippen LogP) is 2.58. The molecule has 2 atom stereocenters. The Kier molecular flexibility index (Phi) is 7.60. The third-order valence-corrected chi connectivity index (χ3v) is 7.94. The van der Waals surface area contributed by atoms with Crippen molar-refractivity contribution in [3.8, 4) is 0 Å². The highest BCUT2D eigenvalue weighted by Crippen LogP contribution is 2.49. The first-order valence-corrected chi connectivity index (χ1v) is 11.9. The molecule has 2 saturated heterocycles. The number of amides is 2. The van der Waals surface area contributed by atoms with Gasteiger partial charge in [-0.15, -0.1) is 0 Å². The molecule has 0 aromatic carbocycles. The Balaban J connectivity index is 0.00000320. The van der Waals surface area contributed by atoms with E-state index in [9.17, 15) is 9.59 Å². The van der Waals surface area contributed by atoms with Crippen LogP contribution < -0.4 is 5.32 Å². The van der Waals surface area contributed by atoms with Gasteiger partial charge in [-0.05, 0) is 51.4 Å². The molecule has 6 nitrogen and oxygen atoms in total. The molecular weight excluding hydrogens is 364 g/mol. The van der Waals surface area contributed by atoms with Crippen LogP contribution in [-0.4, -0.2) is 84.4 Å². The number of rotatable bonds is 7. The molecule has 6 heteroatoms. The molecule has 1 saturated carbocycles. The van der Waals surface area contributed by atoms with E-state index < -0.39 is 0 Å². The molecule has 2 heterocycles. The standard InChI is InChI=1S/C23H42N4O2.H2/c1-5-19(4)22(29)24-20-6-8-23(20)9-12-27(13-10-23)21(28)7-11-25-14-16-26(17-15-25)18(2)3;/h18-20H,5-17H2,1-4H3,(H,24,29);1H. The largest absolute Gasteiger partial charge is 0.353 e. The van der Waals surface area contributed by atoms with Gasteiger partial charge in [0, 0.05) is 71.7 Å². The molecule has 2 unspecified atom stereocenters. The van der Waals surface area contributed by atoms with Crippen molar-refractivity contribution in [1.29, 1.82) is 0 Å². The van der Waals surface area contributed by atoms with Crippen LogP contribution in [0.4, 0.5) is 0 Å². The van der Waals surface area contributed by atoms with Gasteiger partial charge in [-0.25, -0.2) is 0 Å². The van der Waals surface area contributed by atoms with E-state index in [1.165, 1.54) is 6.42 Å². The van der Waals surface area contributed by atoms with Crippen LogP contribution in [0.2, 0.25) is 0 Å². The second kappa shape index (κ2) is 9.78. The first-order valence-electron chi connectivity index (χ1n) is 11.9. The fraction of sp³-hybridized carbons (Fsp3) is 0.913. The molecule has 0 radical (unpaired) electrons. The molecule has 1 spiro atoms. The summed E-state index contributed by atoms with van der Waals surface area (Å²) < 4.78 is 0. The van der Waals surface area contributed by atoms with Crippen molar-refractivity contribution in [2.75, 3.05) is 45.8 Å². The topological polar surface area (TPSA) is 55.9 Å². The Hall–Kier alpha value is -1.14. The molecule has 2 aliphatic heterocycles. The first kappa shape index (κ1) is 22.5. The Labute approximate surface area is 178 Å². The lowest BCUT2D eigenvalue weighted by atomic mass is 9.59. The van der Waals surface area contributed by atoms with Crippen LogP contribution in [0.5, 0.6) is 0 Å². The summed E-state index contributed by atoms with van der Waals surface area (Å²) in [6, 6.07) is 0.934. The summed E-state index contributed by atoms with van der Waals surface area (Å²) in [7, 11) is 0. The van der Waals surface area contributed by atoms with Crippen molar-refractivity contribution < 1.29 is 11.0 Å². The Morgan fingerprint density at radius 1 is 1.03 bits per heavy atom. The maximum Gasteiger partial charge on any atom is 0.223 e. The summed E-state index contributed by atoms with van der Waals surface area (Å²) in [5, 5.41) is 3.30. The van der Waals surface area contributed by atoms with Gasteiger partial charge in [0.15, 0.2) is 0 Å². The van der Waals surface area contributed by atoms with Crippen LogP contribution in [0.3, 0.4) is 0 Å². The molecule has 29 heavy (non-hydrogen) atoms. The number of likely N-dealkylation sites (tertiary alicyclic amines) is 1. The Morgan fingerprint density at radius 3 is 2.21 bits per heavy atom. The summed E-state index contributed by atoms with van der Waals surface area (Å²) in [6.45, 7) is 15.6. The zero-order chi connectivity index (χ0) is 21.0. The van der Waals surface area contributed by atoms with Gasteiger partial charge in [0.05, 0.1) is 0 Å². The highest BCUT2D eigenvalue weighted by molar-refractivity contribution is 5.79. The molecule has 1 N–H and O–H groups in total. The van der Waals surface area contributed by atoms with E-state index in [2.05, 4.69) is 40.8 Å². The smallest absolute Gasteiger partial charge is 0.223 e. The van der Waals surface area contributed by atoms with Gasteiger partial charge in [0.1, 0.15) is 0 Å². The monoisotopic (exact) mass is 408 g/mol. The average molecular weight is 409 g/mol. The van der Waals surface area contributed by atoms with Crippen molar-refractivity contribution in [2.24, 2.45) is 11.3 Å². The zero-order valence-corrected chi connectivity index (χ0v) is 19.1. The van der Waals surface area contributed by atoms with Crippen LogP contribution in [0.1, 0.15) is 67.6 Å². The Bertz CT molecular complexity index is 570. The maximum atomic E-state index is 12.7. The van der Waals surface area contributed by atoms with Crippen molar-refractivity contribution in [3.05, 3.63) is 0 Å². The minimum atomic E-state index is 0. The molecule has 0 bridgehead atoms. The lowest BCUT2D eigenvalue weighted by Gasteiger charge is -2.54. The molecule has 0 aromatic rings. The van der Waals surface area contributed by atoms with Gasteiger partial charge >= 0.3 is 0 Å². The first-order chi connectivity index (χ1) is 13.8. The highest BCUT2D eigenvalue weighted by atomic mass is 16.2. The number of nitrogens with one attached hydrogen (secondary N) is 1. The summed E-state index contributed by atoms with van der Waals surface area (Å²) in [4.78, 5) is 32.0. The van der Waals surface area contributed by atoms with Gasteiger partial charge < -0.3 is 15.1 Å². The van der Waals surface area contributed by atoms with E-state index in [1.54, 1.807) is 0 Å². The lowest BCUT2D eigenvalue weighted by molar-refractivity contribution is -0.138. The van der Waals surface area contributed by atoms with Crippen molar-refractivity contribution in [2.45, 2.75) is 78.3 Å². The van der Waals surface area contributed by atoms with E-state index >= 15 is 0 Å². The van der Waals surface area contributed by atoms with E-state index in [1.807, 2.05) is 6.92 Å². The van der Waals surface area contributed by atoms with Crippen molar-refractivity contribution in [1.82, 2.24) is 20.0 Å². The summed E-state index contributed by atoms with van der Waals surface area (Å²) in [5.74, 6) is 0.606. The Morgan fingerprint density at radius 2 is 1.69 bits per heavy atom. The molecule has 3 fully saturated rings. The third-order valence-electron chi connectivity index (χ3n) is 7.94. The fourth-order valence-electron chi connectivity index (χ4n) is 5.14. The number of hydrogen-bond donors (Lipinski definition) is 1. The molecule has 1 aliphatic carbocycles. The normalized spacial score (nSPS) is 26.4. The van der Waals surface area contributed by atoms with E-state index in [0.717, 1.165) is 71.5 Å². The lowest BCUT2D eigenvalue weighted by Crippen LogP contribution is -2.60. The third kappa shape index (κ3) is 5.32. The molecule has 3 rings (SSSR count). The molecule has 2 amide bonds. The molecule has 168 valence electrons. The number of piperazine rings is 1. The second-order valence-electron chi connectivity index (χ2n) is 9.87. The summed E-state index contributed by atoms with van der Waals surface area (Å²) >= 11 is 0. The van der Waals surface area contributed by atoms with Crippen LogP contribution in [-0.2, 0) is 9.59 Å². The van der Waals surface area contributed by atoms with Gasteiger partial charge in [-0.3, -0.25) is 14.5 Å². The van der Waals surface area contributed by atoms with Gasteiger partial charge in [-0.1, -0.05) is 13.8 Å². The molecular formula is C23H44N4O2. The van der Waals surface area contributed by atoms with E-state index in [0.29, 0.717) is 24.4 Å². The fourth-order valence-corrected chi connectivity index (χ4v) is 5.14. The van der Waals surface area contributed by atoms with Crippen LogP contribution >= 0.6 is 0 Å². The zero-order valence-electron chi connectivity index (χ0n) is 19.1. The number of piperidine rings is 1. The highest BCUT2D eigenvalue weighted by Gasteiger charge is 2.49. The van der Waals surface area contributed by atoms with Gasteiger partial charge in [0.2, 0.25) is 11.8 Å². The summed E-state index contributed by atoms with van der Waals surface area (Å²) in [5.41, 5.74) is 0.243. The van der Waals surface area contributed by atoms with Gasteiger partial charge in [0.25, 0.3) is 0 Å². The number of carbonyl (C=O) groups is 2. The average Bonchev–Trinajstić information content (AvgIpc) is 2.74. The van der Waals surface area contributed by atoms with E-state index in [4.69, 9.17) is 0 Å². The number of hydrogen-bond acceptors (Lipinski definition) is 4. The van der Waals surface area contributed by atoms with E-state index in [-0.39, 0.29) is 18.7 Å². The van der Waals surface area contributed by atoms with Crippen molar-refractivity contribution >= 4 is 11.8 Å². The van der Waals surface area contributed by atoms with Crippen LogP contribution in [0.25, 0.3) is 0 Å². The van der Waals surface area contributed by atoms with Crippen molar-refractivity contribution in [3.63, 3.8) is 0 Å². The SMILES string of the molecule is CCC(C)C(=O)NC1CCC12CCN(C(=O)CCN1CCN(C(C)C)CC1)CC2.[HH]. The molecule has 3 aliphatic rings. The minimum absolute atomic E-state index is 0. The quantitative estimate of drug-likeness (QED) is 0.703. The number of carbonyl (C=O) groups excluding carboxylic acids is 2. The molecule has 0 aromatic heterocycles. The van der Waals surface area contributed by atoms with Gasteiger partial charge in [-0.2, -0.15) is 0 Å². The number of nitrogens with zero attached hydrogens (tertiary/aromatic N) is 3. The maximum absolute atomic E-state index is 12.7. The minimum Gasteiger partial charge on any atom is -0.353 e. The van der Waals surface area contributed by atoms with Crippen LogP contribution in [0.15, 0.2) is 0 Å². The van der Waals surface area contributed by atoms with Crippen LogP contribution in [0, 0.1) is 11.3 Å². The second-order valence-corrected chi connectivity index (χ2v) is 9.87. The predicted molar refractivity (Wildman–Crippen MR) is 119 cm³/mol.